The average molecular weight is 284 g/mol. The third kappa shape index (κ3) is 9.39. The first-order valence-corrected chi connectivity index (χ1v) is 8.63. The summed E-state index contributed by atoms with van der Waals surface area (Å²) in [5.74, 6) is 1.05. The van der Waals surface area contributed by atoms with Crippen LogP contribution >= 0.6 is 0 Å². The largest absolute Gasteiger partial charge is 0.481 e. The van der Waals surface area contributed by atoms with Crippen molar-refractivity contribution in [3.63, 3.8) is 0 Å². The first-order valence-electron chi connectivity index (χ1n) is 8.63. The normalized spacial score (nSPS) is 16.1. The fourth-order valence-corrected chi connectivity index (χ4v) is 3.37. The number of hydrogen-bond donors (Lipinski definition) is 1. The van der Waals surface area contributed by atoms with Crippen LogP contribution in [0.3, 0.4) is 0 Å². The summed E-state index contributed by atoms with van der Waals surface area (Å²) in [6.07, 6.45) is 8.86. The van der Waals surface area contributed by atoms with E-state index >= 15 is 0 Å². The Hall–Kier alpha value is -0.530. The summed E-state index contributed by atoms with van der Waals surface area (Å²) in [4.78, 5) is 11.5. The zero-order valence-electron chi connectivity index (χ0n) is 14.3. The highest BCUT2D eigenvalue weighted by molar-refractivity contribution is 5.69. The van der Waals surface area contributed by atoms with Crippen molar-refractivity contribution in [1.29, 1.82) is 0 Å². The second-order valence-electron chi connectivity index (χ2n) is 7.04. The summed E-state index contributed by atoms with van der Waals surface area (Å²) in [7, 11) is 0. The van der Waals surface area contributed by atoms with Crippen LogP contribution in [0.25, 0.3) is 0 Å². The van der Waals surface area contributed by atoms with Crippen LogP contribution in [0.1, 0.15) is 86.0 Å². The van der Waals surface area contributed by atoms with Gasteiger partial charge in [0.05, 0.1) is 5.92 Å². The molecule has 0 spiro atoms. The Morgan fingerprint density at radius 3 is 2.05 bits per heavy atom. The number of rotatable bonds is 12. The molecule has 3 unspecified atom stereocenters. The van der Waals surface area contributed by atoms with Gasteiger partial charge in [-0.3, -0.25) is 4.79 Å². The number of aliphatic carboxylic acids is 1. The number of carbonyl (C=O) groups is 1. The summed E-state index contributed by atoms with van der Waals surface area (Å²) in [5.41, 5.74) is 0. The molecular weight excluding hydrogens is 248 g/mol. The lowest BCUT2D eigenvalue weighted by atomic mass is 9.82. The van der Waals surface area contributed by atoms with E-state index in [1.54, 1.807) is 0 Å². The maximum atomic E-state index is 11.5. The Bertz CT molecular complexity index is 248. The van der Waals surface area contributed by atoms with Crippen molar-refractivity contribution in [3.05, 3.63) is 0 Å². The van der Waals surface area contributed by atoms with E-state index < -0.39 is 5.97 Å². The van der Waals surface area contributed by atoms with Crippen molar-refractivity contribution in [2.45, 2.75) is 86.0 Å². The molecule has 0 rings (SSSR count). The summed E-state index contributed by atoms with van der Waals surface area (Å²) < 4.78 is 0. The van der Waals surface area contributed by atoms with Crippen molar-refractivity contribution in [2.24, 2.45) is 23.7 Å². The van der Waals surface area contributed by atoms with Crippen molar-refractivity contribution in [3.8, 4) is 0 Å². The van der Waals surface area contributed by atoms with Gasteiger partial charge in [-0.1, -0.05) is 66.7 Å². The minimum absolute atomic E-state index is 0.142. The molecule has 0 heterocycles. The standard InChI is InChI=1S/C18H36O2/c1-6-8-10-16(9-7-2)13-17(18(19)20)12-15(5)11-14(3)4/h14-17H,6-13H2,1-5H3,(H,19,20). The second-order valence-corrected chi connectivity index (χ2v) is 7.04. The molecule has 0 aliphatic carbocycles. The highest BCUT2D eigenvalue weighted by atomic mass is 16.4. The van der Waals surface area contributed by atoms with Crippen LogP contribution in [-0.2, 0) is 4.79 Å². The third-order valence-electron chi connectivity index (χ3n) is 4.19. The van der Waals surface area contributed by atoms with E-state index in [1.165, 1.54) is 32.1 Å². The minimum atomic E-state index is -0.585. The van der Waals surface area contributed by atoms with Gasteiger partial charge in [0.2, 0.25) is 0 Å². The number of carboxylic acids is 1. The predicted octanol–water partition coefficient (Wildman–Crippen LogP) is 5.76. The molecule has 0 fully saturated rings. The highest BCUT2D eigenvalue weighted by Crippen LogP contribution is 2.29. The van der Waals surface area contributed by atoms with E-state index in [1.807, 2.05) is 0 Å². The Labute approximate surface area is 126 Å². The Kier molecular flexibility index (Phi) is 10.9. The number of carboxylic acid groups (broad SMARTS) is 1. The van der Waals surface area contributed by atoms with Crippen molar-refractivity contribution >= 4 is 5.97 Å². The van der Waals surface area contributed by atoms with Crippen LogP contribution < -0.4 is 0 Å². The van der Waals surface area contributed by atoms with Gasteiger partial charge in [-0.25, -0.2) is 0 Å². The SMILES string of the molecule is CCCCC(CCC)CC(CC(C)CC(C)C)C(=O)O. The zero-order chi connectivity index (χ0) is 15.5. The van der Waals surface area contributed by atoms with Crippen LogP contribution in [0.2, 0.25) is 0 Å². The smallest absolute Gasteiger partial charge is 0.306 e. The summed E-state index contributed by atoms with van der Waals surface area (Å²) in [6.45, 7) is 11.1. The van der Waals surface area contributed by atoms with E-state index in [0.717, 1.165) is 19.3 Å². The van der Waals surface area contributed by atoms with Crippen molar-refractivity contribution in [1.82, 2.24) is 0 Å². The molecule has 0 saturated heterocycles. The molecule has 0 radical (unpaired) electrons. The molecule has 0 aliphatic rings. The fraction of sp³-hybridized carbons (Fsp3) is 0.944. The second kappa shape index (κ2) is 11.2. The minimum Gasteiger partial charge on any atom is -0.481 e. The molecule has 2 heteroatoms. The van der Waals surface area contributed by atoms with Gasteiger partial charge in [0.1, 0.15) is 0 Å². The molecule has 2 nitrogen and oxygen atoms in total. The fourth-order valence-electron chi connectivity index (χ4n) is 3.37. The summed E-state index contributed by atoms with van der Waals surface area (Å²) in [6, 6.07) is 0. The lowest BCUT2D eigenvalue weighted by molar-refractivity contribution is -0.143. The van der Waals surface area contributed by atoms with Gasteiger partial charge in [0.25, 0.3) is 0 Å². The Morgan fingerprint density at radius 1 is 0.950 bits per heavy atom. The molecule has 0 aromatic rings. The molecule has 3 atom stereocenters. The van der Waals surface area contributed by atoms with E-state index in [9.17, 15) is 9.90 Å². The van der Waals surface area contributed by atoms with Gasteiger partial charge in [-0.2, -0.15) is 0 Å². The molecule has 0 saturated carbocycles. The van der Waals surface area contributed by atoms with Crippen LogP contribution in [0.15, 0.2) is 0 Å². The van der Waals surface area contributed by atoms with Crippen LogP contribution in [0.4, 0.5) is 0 Å². The molecule has 0 aliphatic heterocycles. The van der Waals surface area contributed by atoms with Crippen LogP contribution in [0.5, 0.6) is 0 Å². The number of unbranched alkanes of at least 4 members (excludes halogenated alkanes) is 1. The van der Waals surface area contributed by atoms with E-state index in [2.05, 4.69) is 34.6 Å². The summed E-state index contributed by atoms with van der Waals surface area (Å²) in [5, 5.41) is 9.50. The van der Waals surface area contributed by atoms with Gasteiger partial charge in [0, 0.05) is 0 Å². The average Bonchev–Trinajstić information content (AvgIpc) is 2.34. The maximum Gasteiger partial charge on any atom is 0.306 e. The molecule has 0 bridgehead atoms. The molecule has 20 heavy (non-hydrogen) atoms. The topological polar surface area (TPSA) is 37.3 Å². The molecule has 0 amide bonds. The lowest BCUT2D eigenvalue weighted by Crippen LogP contribution is -2.21. The summed E-state index contributed by atoms with van der Waals surface area (Å²) >= 11 is 0. The Morgan fingerprint density at radius 2 is 1.60 bits per heavy atom. The van der Waals surface area contributed by atoms with Gasteiger partial charge in [-0.15, -0.1) is 0 Å². The van der Waals surface area contributed by atoms with Crippen LogP contribution in [-0.4, -0.2) is 11.1 Å². The van der Waals surface area contributed by atoms with Crippen molar-refractivity contribution in [2.75, 3.05) is 0 Å². The van der Waals surface area contributed by atoms with Gasteiger partial charge < -0.3 is 5.11 Å². The third-order valence-corrected chi connectivity index (χ3v) is 4.19. The van der Waals surface area contributed by atoms with E-state index in [4.69, 9.17) is 0 Å². The first kappa shape index (κ1) is 19.5. The monoisotopic (exact) mass is 284 g/mol. The lowest BCUT2D eigenvalue weighted by Gasteiger charge is -2.23. The number of hydrogen-bond acceptors (Lipinski definition) is 1. The highest BCUT2D eigenvalue weighted by Gasteiger charge is 2.24. The molecule has 120 valence electrons. The quantitative estimate of drug-likeness (QED) is 0.495. The van der Waals surface area contributed by atoms with Gasteiger partial charge >= 0.3 is 5.97 Å². The first-order chi connectivity index (χ1) is 9.40. The van der Waals surface area contributed by atoms with E-state index in [0.29, 0.717) is 17.8 Å². The maximum absolute atomic E-state index is 11.5. The van der Waals surface area contributed by atoms with Crippen LogP contribution in [0, 0.1) is 23.7 Å². The van der Waals surface area contributed by atoms with Crippen molar-refractivity contribution < 1.29 is 9.90 Å². The molecule has 0 aromatic carbocycles. The van der Waals surface area contributed by atoms with Gasteiger partial charge in [-0.05, 0) is 37.0 Å². The van der Waals surface area contributed by atoms with Gasteiger partial charge in [0.15, 0.2) is 0 Å². The predicted molar refractivity (Wildman–Crippen MR) is 86.9 cm³/mol. The Balaban J connectivity index is 4.44. The zero-order valence-corrected chi connectivity index (χ0v) is 14.3. The molecule has 1 N–H and O–H groups in total. The van der Waals surface area contributed by atoms with E-state index in [-0.39, 0.29) is 5.92 Å². The molecule has 0 aromatic heterocycles. The molecular formula is C18H36O2.